The molecule has 1 amide bonds. The first kappa shape index (κ1) is 16.3. The lowest BCUT2D eigenvalue weighted by Gasteiger charge is -2.29. The van der Waals surface area contributed by atoms with Gasteiger partial charge in [-0.25, -0.2) is 9.97 Å². The fraction of sp³-hybridized carbons (Fsp3) is 0.190. The number of fused-ring (bicyclic) bond motifs is 1. The van der Waals surface area contributed by atoms with Crippen LogP contribution in [0, 0.1) is 6.92 Å². The Morgan fingerprint density at radius 1 is 1.04 bits per heavy atom. The van der Waals surface area contributed by atoms with Crippen LogP contribution in [-0.2, 0) is 13.0 Å². The Balaban J connectivity index is 1.54. The summed E-state index contributed by atoms with van der Waals surface area (Å²) in [7, 11) is 0. The van der Waals surface area contributed by atoms with Gasteiger partial charge in [0.2, 0.25) is 0 Å². The second kappa shape index (κ2) is 6.96. The molecule has 5 nitrogen and oxygen atoms in total. The zero-order valence-electron chi connectivity index (χ0n) is 14.6. The third kappa shape index (κ3) is 3.28. The van der Waals surface area contributed by atoms with Gasteiger partial charge in [-0.1, -0.05) is 42.5 Å². The molecule has 0 saturated heterocycles. The van der Waals surface area contributed by atoms with Crippen molar-refractivity contribution in [2.75, 3.05) is 16.8 Å². The summed E-state index contributed by atoms with van der Waals surface area (Å²) in [5, 5.41) is 2.92. The highest BCUT2D eigenvalue weighted by Crippen LogP contribution is 2.23. The number of hydrogen-bond acceptors (Lipinski definition) is 4. The van der Waals surface area contributed by atoms with E-state index in [4.69, 9.17) is 0 Å². The van der Waals surface area contributed by atoms with Gasteiger partial charge in [0.05, 0.1) is 0 Å². The molecule has 0 unspecified atom stereocenters. The molecule has 0 atom stereocenters. The summed E-state index contributed by atoms with van der Waals surface area (Å²) in [6, 6.07) is 17.9. The average molecular weight is 344 g/mol. The molecule has 1 aliphatic heterocycles. The van der Waals surface area contributed by atoms with Gasteiger partial charge >= 0.3 is 0 Å². The molecule has 1 aromatic heterocycles. The first-order valence-corrected chi connectivity index (χ1v) is 8.71. The lowest BCUT2D eigenvalue weighted by Crippen LogP contribution is -2.31. The largest absolute Gasteiger partial charge is 0.352 e. The number of aryl methyl sites for hydroxylation is 1. The summed E-state index contributed by atoms with van der Waals surface area (Å²) in [5.41, 5.74) is 4.88. The van der Waals surface area contributed by atoms with E-state index >= 15 is 0 Å². The SMILES string of the molecule is Cc1ccccc1NC(=O)c1cc(N2CCc3ccccc3C2)ncn1. The van der Waals surface area contributed by atoms with Gasteiger partial charge < -0.3 is 10.2 Å². The van der Waals surface area contributed by atoms with Crippen molar-refractivity contribution in [1.82, 2.24) is 9.97 Å². The van der Waals surface area contributed by atoms with Gasteiger partial charge in [0.25, 0.3) is 5.91 Å². The van der Waals surface area contributed by atoms with E-state index in [9.17, 15) is 4.79 Å². The summed E-state index contributed by atoms with van der Waals surface area (Å²) in [6.07, 6.45) is 2.44. The summed E-state index contributed by atoms with van der Waals surface area (Å²) in [4.78, 5) is 23.3. The Morgan fingerprint density at radius 3 is 2.65 bits per heavy atom. The van der Waals surface area contributed by atoms with E-state index in [0.29, 0.717) is 5.69 Å². The summed E-state index contributed by atoms with van der Waals surface area (Å²) in [5.74, 6) is 0.560. The number of carbonyl (C=O) groups excluding carboxylic acids is 1. The molecule has 130 valence electrons. The third-order valence-corrected chi connectivity index (χ3v) is 4.73. The number of anilines is 2. The highest BCUT2D eigenvalue weighted by molar-refractivity contribution is 6.03. The first-order valence-electron chi connectivity index (χ1n) is 8.71. The topological polar surface area (TPSA) is 58.1 Å². The Hall–Kier alpha value is -3.21. The Morgan fingerprint density at radius 2 is 1.81 bits per heavy atom. The average Bonchev–Trinajstić information content (AvgIpc) is 2.69. The number of hydrogen-bond donors (Lipinski definition) is 1. The van der Waals surface area contributed by atoms with Gasteiger partial charge in [-0.3, -0.25) is 4.79 Å². The molecule has 0 spiro atoms. The molecule has 0 saturated carbocycles. The maximum absolute atomic E-state index is 12.6. The van der Waals surface area contributed by atoms with Crippen molar-refractivity contribution in [2.24, 2.45) is 0 Å². The maximum atomic E-state index is 12.6. The van der Waals surface area contributed by atoms with Gasteiger partial charge in [-0.15, -0.1) is 0 Å². The first-order chi connectivity index (χ1) is 12.7. The molecule has 0 radical (unpaired) electrons. The van der Waals surface area contributed by atoms with Crippen LogP contribution in [0.1, 0.15) is 27.2 Å². The van der Waals surface area contributed by atoms with E-state index in [2.05, 4.69) is 44.5 Å². The van der Waals surface area contributed by atoms with Gasteiger partial charge in [0, 0.05) is 24.8 Å². The van der Waals surface area contributed by atoms with Crippen LogP contribution in [0.15, 0.2) is 60.9 Å². The number of amides is 1. The second-order valence-corrected chi connectivity index (χ2v) is 6.47. The minimum atomic E-state index is -0.222. The molecule has 2 heterocycles. The monoisotopic (exact) mass is 344 g/mol. The minimum Gasteiger partial charge on any atom is -0.352 e. The molecule has 1 N–H and O–H groups in total. The van der Waals surface area contributed by atoms with Crippen molar-refractivity contribution in [1.29, 1.82) is 0 Å². The third-order valence-electron chi connectivity index (χ3n) is 4.73. The van der Waals surface area contributed by atoms with Crippen molar-refractivity contribution < 1.29 is 4.79 Å². The molecule has 3 aromatic rings. The lowest BCUT2D eigenvalue weighted by molar-refractivity contribution is 0.102. The van der Waals surface area contributed by atoms with Crippen molar-refractivity contribution in [3.8, 4) is 0 Å². The Kier molecular flexibility index (Phi) is 4.35. The van der Waals surface area contributed by atoms with Crippen LogP contribution in [0.3, 0.4) is 0 Å². The minimum absolute atomic E-state index is 0.222. The van der Waals surface area contributed by atoms with Crippen LogP contribution in [0.25, 0.3) is 0 Å². The van der Waals surface area contributed by atoms with Crippen LogP contribution in [0.5, 0.6) is 0 Å². The molecule has 0 bridgehead atoms. The van der Waals surface area contributed by atoms with Crippen molar-refractivity contribution in [3.05, 3.63) is 83.3 Å². The number of aromatic nitrogens is 2. The zero-order chi connectivity index (χ0) is 17.9. The van der Waals surface area contributed by atoms with E-state index < -0.39 is 0 Å². The summed E-state index contributed by atoms with van der Waals surface area (Å²) >= 11 is 0. The predicted molar refractivity (Wildman–Crippen MR) is 102 cm³/mol. The number of nitrogens with one attached hydrogen (secondary N) is 1. The van der Waals surface area contributed by atoms with E-state index in [0.717, 1.165) is 36.6 Å². The van der Waals surface area contributed by atoms with Crippen molar-refractivity contribution in [2.45, 2.75) is 19.9 Å². The van der Waals surface area contributed by atoms with Crippen LogP contribution in [0.2, 0.25) is 0 Å². The smallest absolute Gasteiger partial charge is 0.274 e. The van der Waals surface area contributed by atoms with E-state index in [1.807, 2.05) is 31.2 Å². The Bertz CT molecular complexity index is 954. The highest BCUT2D eigenvalue weighted by Gasteiger charge is 2.19. The van der Waals surface area contributed by atoms with E-state index in [1.54, 1.807) is 6.07 Å². The molecule has 1 aliphatic rings. The van der Waals surface area contributed by atoms with Gasteiger partial charge in [-0.2, -0.15) is 0 Å². The maximum Gasteiger partial charge on any atom is 0.274 e. The van der Waals surface area contributed by atoms with Gasteiger partial charge in [0.15, 0.2) is 0 Å². The van der Waals surface area contributed by atoms with Crippen LogP contribution in [0.4, 0.5) is 11.5 Å². The number of benzene rings is 2. The highest BCUT2D eigenvalue weighted by atomic mass is 16.1. The number of nitrogens with zero attached hydrogens (tertiary/aromatic N) is 3. The fourth-order valence-electron chi connectivity index (χ4n) is 3.23. The molecule has 26 heavy (non-hydrogen) atoms. The molecular weight excluding hydrogens is 324 g/mol. The molecule has 0 fully saturated rings. The molecule has 4 rings (SSSR count). The number of para-hydroxylation sites is 1. The Labute approximate surface area is 152 Å². The summed E-state index contributed by atoms with van der Waals surface area (Å²) in [6.45, 7) is 3.64. The number of carbonyl (C=O) groups is 1. The summed E-state index contributed by atoms with van der Waals surface area (Å²) < 4.78 is 0. The molecule has 5 heteroatoms. The lowest BCUT2D eigenvalue weighted by atomic mass is 10.00. The van der Waals surface area contributed by atoms with E-state index in [-0.39, 0.29) is 5.91 Å². The zero-order valence-corrected chi connectivity index (χ0v) is 14.6. The van der Waals surface area contributed by atoms with E-state index in [1.165, 1.54) is 17.5 Å². The van der Waals surface area contributed by atoms with Crippen LogP contribution >= 0.6 is 0 Å². The predicted octanol–water partition coefficient (Wildman–Crippen LogP) is 3.60. The van der Waals surface area contributed by atoms with Gasteiger partial charge in [-0.05, 0) is 36.1 Å². The van der Waals surface area contributed by atoms with Crippen molar-refractivity contribution >= 4 is 17.4 Å². The molecule has 0 aliphatic carbocycles. The van der Waals surface area contributed by atoms with Gasteiger partial charge in [0.1, 0.15) is 17.8 Å². The fourth-order valence-corrected chi connectivity index (χ4v) is 3.23. The van der Waals surface area contributed by atoms with Crippen LogP contribution in [-0.4, -0.2) is 22.4 Å². The number of rotatable bonds is 3. The second-order valence-electron chi connectivity index (χ2n) is 6.47. The standard InChI is InChI=1S/C21H20N4O/c1-15-6-2-5-9-18(15)24-21(26)19-12-20(23-14-22-19)25-11-10-16-7-3-4-8-17(16)13-25/h2-9,12,14H,10-11,13H2,1H3,(H,24,26). The molecule has 2 aromatic carbocycles. The molecular formula is C21H20N4O. The van der Waals surface area contributed by atoms with Crippen LogP contribution < -0.4 is 10.2 Å². The normalized spacial score (nSPS) is 13.2. The van der Waals surface area contributed by atoms with Crippen molar-refractivity contribution in [3.63, 3.8) is 0 Å². The quantitative estimate of drug-likeness (QED) is 0.789.